The lowest BCUT2D eigenvalue weighted by Gasteiger charge is -2.35. The van der Waals surface area contributed by atoms with Crippen LogP contribution in [0.3, 0.4) is 0 Å². The zero-order chi connectivity index (χ0) is 58.5. The van der Waals surface area contributed by atoms with Crippen LogP contribution in [0.1, 0.15) is 149 Å². The Morgan fingerprint density at radius 3 is 1.17 bits per heavy atom. The van der Waals surface area contributed by atoms with Gasteiger partial charge in [-0.3, -0.25) is 52.7 Å². The number of amides is 11. The van der Waals surface area contributed by atoms with Crippen molar-refractivity contribution in [2.75, 3.05) is 40.8 Å². The Hall–Kier alpha value is -5.83. The molecule has 10 unspecified atom stereocenters. The maximum atomic E-state index is 14.2. The van der Waals surface area contributed by atoms with Gasteiger partial charge in [0.2, 0.25) is 65.0 Å². The van der Waals surface area contributed by atoms with Gasteiger partial charge in [0.25, 0.3) is 0 Å². The van der Waals surface area contributed by atoms with Gasteiger partial charge in [0, 0.05) is 60.0 Å². The Balaban J connectivity index is 3.73. The molecule has 0 aliphatic carbocycles. The number of nitrogens with zero attached hydrogens (tertiary/aromatic N) is 3. The van der Waals surface area contributed by atoms with E-state index in [0.717, 1.165) is 0 Å². The summed E-state index contributed by atoms with van der Waals surface area (Å²) in [6.45, 7) is 26.3. The maximum Gasteiger partial charge on any atom is 0.245 e. The van der Waals surface area contributed by atoms with Crippen molar-refractivity contribution < 1.29 is 52.7 Å². The molecule has 10 atom stereocenters. The Morgan fingerprint density at radius 2 is 0.776 bits per heavy atom. The fourth-order valence-corrected chi connectivity index (χ4v) is 9.26. The van der Waals surface area contributed by atoms with Gasteiger partial charge in [-0.1, -0.05) is 110 Å². The SMILES string of the molecule is CCC(C)C1NC(=O)CCNC(=O)C(C(C)CC)N(C)C(=O)C(CC(C)C)NC(=O)CCNC(=O)C(C(C)C)NC(=O)C(C(C)C)N(C)C(=O)C(CC(C)C)NC(=O)CCNC(=O)C(C)NC(=O)C(C(C)C)N(C)C1=O. The lowest BCUT2D eigenvalue weighted by molar-refractivity contribution is -0.145. The minimum atomic E-state index is -1.10. The van der Waals surface area contributed by atoms with E-state index >= 15 is 0 Å². The van der Waals surface area contributed by atoms with Gasteiger partial charge in [0.05, 0.1) is 0 Å². The van der Waals surface area contributed by atoms with E-state index in [2.05, 4.69) is 42.5 Å². The molecule has 0 aromatic heterocycles. The van der Waals surface area contributed by atoms with Gasteiger partial charge in [0.1, 0.15) is 48.3 Å². The van der Waals surface area contributed by atoms with E-state index in [1.165, 1.54) is 42.8 Å². The fraction of sp³-hybridized carbons (Fsp3) is 0.796. The molecule has 1 aliphatic heterocycles. The van der Waals surface area contributed by atoms with Gasteiger partial charge in [-0.25, -0.2) is 0 Å². The van der Waals surface area contributed by atoms with E-state index in [1.807, 2.05) is 48.5 Å². The molecule has 1 fully saturated rings. The molecule has 8 N–H and O–H groups in total. The first-order valence-corrected chi connectivity index (χ1v) is 27.4. The summed E-state index contributed by atoms with van der Waals surface area (Å²) in [6, 6.07) is -8.42. The molecule has 11 amide bonds. The first kappa shape index (κ1) is 68.2. The zero-order valence-electron chi connectivity index (χ0n) is 49.1. The number of hydrogen-bond acceptors (Lipinski definition) is 11. The minimum Gasteiger partial charge on any atom is -0.354 e. The second kappa shape index (κ2) is 32.7. The topological polar surface area (TPSA) is 294 Å². The van der Waals surface area contributed by atoms with Crippen molar-refractivity contribution >= 4 is 65.0 Å². The van der Waals surface area contributed by atoms with Crippen molar-refractivity contribution in [2.45, 2.75) is 197 Å². The van der Waals surface area contributed by atoms with Crippen molar-refractivity contribution in [3.63, 3.8) is 0 Å². The number of rotatable bonds is 11. The summed E-state index contributed by atoms with van der Waals surface area (Å²) < 4.78 is 0. The number of hydrogen-bond donors (Lipinski definition) is 8. The van der Waals surface area contributed by atoms with Crippen LogP contribution in [0, 0.1) is 41.4 Å². The molecule has 1 rings (SSSR count). The first-order valence-electron chi connectivity index (χ1n) is 27.4. The molecule has 22 heteroatoms. The zero-order valence-corrected chi connectivity index (χ0v) is 49.1. The second-order valence-electron chi connectivity index (χ2n) is 22.6. The number of nitrogens with one attached hydrogen (secondary N) is 8. The summed E-state index contributed by atoms with van der Waals surface area (Å²) in [5.41, 5.74) is 0. The Kier molecular flexibility index (Phi) is 29.3. The van der Waals surface area contributed by atoms with Gasteiger partial charge in [-0.2, -0.15) is 0 Å². The van der Waals surface area contributed by atoms with Gasteiger partial charge in [-0.15, -0.1) is 0 Å². The Bertz CT molecular complexity index is 2000. The van der Waals surface area contributed by atoms with Gasteiger partial charge in [0.15, 0.2) is 0 Å². The highest BCUT2D eigenvalue weighted by atomic mass is 16.2. The quantitative estimate of drug-likeness (QED) is 0.147. The van der Waals surface area contributed by atoms with Crippen LogP contribution in [-0.2, 0) is 52.7 Å². The summed E-state index contributed by atoms with van der Waals surface area (Å²) in [5.74, 6) is -8.32. The van der Waals surface area contributed by atoms with Crippen LogP contribution in [0.15, 0.2) is 0 Å². The molecule has 434 valence electrons. The molecule has 0 radical (unpaired) electrons. The van der Waals surface area contributed by atoms with E-state index in [-0.39, 0.29) is 75.4 Å². The number of likely N-dealkylation sites (N-methyl/N-ethyl adjacent to an activating group) is 3. The Morgan fingerprint density at radius 1 is 0.408 bits per heavy atom. The lowest BCUT2D eigenvalue weighted by atomic mass is 9.94. The van der Waals surface area contributed by atoms with Crippen molar-refractivity contribution in [1.82, 2.24) is 57.2 Å². The van der Waals surface area contributed by atoms with E-state index < -0.39 is 131 Å². The molecule has 0 saturated carbocycles. The molecule has 0 spiro atoms. The second-order valence-corrected chi connectivity index (χ2v) is 22.6. The average Bonchev–Trinajstić information content (AvgIpc) is 3.32. The van der Waals surface area contributed by atoms with Crippen LogP contribution in [0.5, 0.6) is 0 Å². The summed E-state index contributed by atoms with van der Waals surface area (Å²) in [5, 5.41) is 22.0. The van der Waals surface area contributed by atoms with Crippen LogP contribution in [0.4, 0.5) is 0 Å². The molecule has 0 aromatic carbocycles. The third-order valence-corrected chi connectivity index (χ3v) is 14.0. The Labute approximate surface area is 453 Å². The minimum absolute atomic E-state index is 0.0535. The van der Waals surface area contributed by atoms with Crippen LogP contribution < -0.4 is 42.5 Å². The smallest absolute Gasteiger partial charge is 0.245 e. The first-order chi connectivity index (χ1) is 35.3. The lowest BCUT2D eigenvalue weighted by Crippen LogP contribution is -2.60. The van der Waals surface area contributed by atoms with E-state index in [4.69, 9.17) is 0 Å². The molecule has 22 nitrogen and oxygen atoms in total. The molecule has 76 heavy (non-hydrogen) atoms. The van der Waals surface area contributed by atoms with Crippen molar-refractivity contribution in [1.29, 1.82) is 0 Å². The highest BCUT2D eigenvalue weighted by Crippen LogP contribution is 2.20. The fourth-order valence-electron chi connectivity index (χ4n) is 9.26. The molecule has 1 heterocycles. The monoisotopic (exact) mass is 1080 g/mol. The normalized spacial score (nSPS) is 26.4. The largest absolute Gasteiger partial charge is 0.354 e. The summed E-state index contributed by atoms with van der Waals surface area (Å²) in [7, 11) is 4.39. The predicted octanol–water partition coefficient (Wildman–Crippen LogP) is 1.60. The molecule has 0 bridgehead atoms. The molecule has 0 aromatic rings. The van der Waals surface area contributed by atoms with Crippen LogP contribution in [0.25, 0.3) is 0 Å². The summed E-state index contributed by atoms with van der Waals surface area (Å²) in [6.07, 6.45) is 0.783. The highest BCUT2D eigenvalue weighted by molar-refractivity contribution is 5.97. The van der Waals surface area contributed by atoms with Crippen molar-refractivity contribution in [2.24, 2.45) is 41.4 Å². The molecular formula is C54H97N11O11. The third kappa shape index (κ3) is 21.3. The van der Waals surface area contributed by atoms with E-state index in [0.29, 0.717) is 12.8 Å². The van der Waals surface area contributed by atoms with Crippen molar-refractivity contribution in [3.8, 4) is 0 Å². The number of carbonyl (C=O) groups is 11. The standard InChI is InChI=1S/C54H97N11O11/c1-19-34(13)43-54(76)64(17)44(32(9)10)50(72)58-36(15)47(69)55-24-21-39(66)59-37(27-29(3)4)52(74)63(16)45(33(11)12)51(73)62-42(31(7)8)48(70)56-25-22-40(67)60-38(28-30(5)6)53(75)65(18)46(35(14)20-2)49(71)57-26-23-41(68)61-43/h29-38,42-46H,19-28H2,1-18H3,(H,55,69)(H,56,70)(H,57,71)(H,58,72)(H,59,66)(H,60,67)(H,61,68)(H,62,73). The van der Waals surface area contributed by atoms with Crippen LogP contribution in [0.2, 0.25) is 0 Å². The van der Waals surface area contributed by atoms with E-state index in [9.17, 15) is 52.7 Å². The number of carbonyl (C=O) groups excluding carboxylic acids is 11. The average molecular weight is 1080 g/mol. The van der Waals surface area contributed by atoms with Gasteiger partial charge < -0.3 is 57.2 Å². The van der Waals surface area contributed by atoms with Crippen LogP contribution in [-0.4, -0.2) is 169 Å². The van der Waals surface area contributed by atoms with Crippen LogP contribution >= 0.6 is 0 Å². The van der Waals surface area contributed by atoms with E-state index in [1.54, 1.807) is 48.5 Å². The van der Waals surface area contributed by atoms with Gasteiger partial charge in [-0.05, 0) is 61.2 Å². The van der Waals surface area contributed by atoms with Gasteiger partial charge >= 0.3 is 0 Å². The third-order valence-electron chi connectivity index (χ3n) is 14.0. The summed E-state index contributed by atoms with van der Waals surface area (Å²) in [4.78, 5) is 156. The summed E-state index contributed by atoms with van der Waals surface area (Å²) >= 11 is 0. The maximum absolute atomic E-state index is 14.2. The molecule has 1 saturated heterocycles. The molecular weight excluding hydrogens is 979 g/mol. The highest BCUT2D eigenvalue weighted by Gasteiger charge is 2.40. The van der Waals surface area contributed by atoms with Crippen molar-refractivity contribution in [3.05, 3.63) is 0 Å². The molecule has 1 aliphatic rings. The predicted molar refractivity (Wildman–Crippen MR) is 290 cm³/mol.